The molecule has 1 aliphatic rings. The van der Waals surface area contributed by atoms with Crippen LogP contribution in [-0.4, -0.2) is 25.5 Å². The number of para-hydroxylation sites is 1. The maximum atomic E-state index is 14.1. The molecule has 0 aromatic heterocycles. The molecule has 0 bridgehead atoms. The molecule has 5 heteroatoms. The first-order valence-electron chi connectivity index (χ1n) is 6.65. The van der Waals surface area contributed by atoms with Gasteiger partial charge in [0.15, 0.2) is 0 Å². The monoisotopic (exact) mass is 265 g/mol. The number of carbonyl (C=O) groups excluding carboxylic acids is 1. The Balaban J connectivity index is 2.21. The zero-order chi connectivity index (χ0) is 13.8. The minimum Gasteiger partial charge on any atom is -0.369 e. The lowest BCUT2D eigenvalue weighted by Gasteiger charge is -2.22. The van der Waals surface area contributed by atoms with Gasteiger partial charge in [0.05, 0.1) is 11.6 Å². The molecule has 1 aromatic carbocycles. The second kappa shape index (κ2) is 6.02. The predicted molar refractivity (Wildman–Crippen MR) is 73.3 cm³/mol. The number of anilines is 1. The van der Waals surface area contributed by atoms with E-state index in [0.717, 1.165) is 12.1 Å². The predicted octanol–water partition coefficient (Wildman–Crippen LogP) is 1.25. The molecule has 1 unspecified atom stereocenters. The third-order valence-corrected chi connectivity index (χ3v) is 3.54. The number of halogens is 1. The van der Waals surface area contributed by atoms with Crippen molar-refractivity contribution in [2.75, 3.05) is 24.5 Å². The van der Waals surface area contributed by atoms with Crippen LogP contribution in [0.2, 0.25) is 0 Å². The van der Waals surface area contributed by atoms with Gasteiger partial charge in [-0.15, -0.1) is 0 Å². The highest BCUT2D eigenvalue weighted by atomic mass is 19.1. The van der Waals surface area contributed by atoms with Gasteiger partial charge in [0.1, 0.15) is 5.82 Å². The van der Waals surface area contributed by atoms with Crippen molar-refractivity contribution < 1.29 is 9.18 Å². The third kappa shape index (κ3) is 3.04. The van der Waals surface area contributed by atoms with Gasteiger partial charge in [-0.3, -0.25) is 4.79 Å². The van der Waals surface area contributed by atoms with E-state index in [1.807, 2.05) is 17.9 Å². The maximum Gasteiger partial charge on any atom is 0.222 e. The molecule has 1 fully saturated rings. The van der Waals surface area contributed by atoms with Gasteiger partial charge < -0.3 is 16.0 Å². The number of amides is 1. The molecular weight excluding hydrogens is 245 g/mol. The summed E-state index contributed by atoms with van der Waals surface area (Å²) in [4.78, 5) is 13.1. The maximum absolute atomic E-state index is 14.1. The van der Waals surface area contributed by atoms with Gasteiger partial charge in [0, 0.05) is 19.6 Å². The standard InChI is InChI=1S/C14H20FN3O/c1-2-17-8-10-4-3-5-12(15)13(10)18-7-6-11(9-18)14(16)19/h3-5,11,17H,2,6-9H2,1H3,(H2,16,19). The van der Waals surface area contributed by atoms with Crippen molar-refractivity contribution in [2.24, 2.45) is 11.7 Å². The molecule has 4 nitrogen and oxygen atoms in total. The molecule has 1 atom stereocenters. The van der Waals surface area contributed by atoms with Crippen molar-refractivity contribution in [3.8, 4) is 0 Å². The van der Waals surface area contributed by atoms with Crippen LogP contribution >= 0.6 is 0 Å². The van der Waals surface area contributed by atoms with Gasteiger partial charge in [0.25, 0.3) is 0 Å². The lowest BCUT2D eigenvalue weighted by Crippen LogP contribution is -2.28. The Hall–Kier alpha value is -1.62. The molecule has 0 aliphatic carbocycles. The average Bonchev–Trinajstić information content (AvgIpc) is 2.85. The Morgan fingerprint density at radius 1 is 1.58 bits per heavy atom. The zero-order valence-corrected chi connectivity index (χ0v) is 11.2. The van der Waals surface area contributed by atoms with Crippen LogP contribution in [0.1, 0.15) is 18.9 Å². The topological polar surface area (TPSA) is 58.4 Å². The van der Waals surface area contributed by atoms with Crippen LogP contribution in [-0.2, 0) is 11.3 Å². The number of benzene rings is 1. The molecule has 0 spiro atoms. The van der Waals surface area contributed by atoms with Crippen LogP contribution < -0.4 is 16.0 Å². The minimum absolute atomic E-state index is 0.174. The summed E-state index contributed by atoms with van der Waals surface area (Å²) in [5.74, 6) is -0.709. The quantitative estimate of drug-likeness (QED) is 0.842. The number of nitrogens with two attached hydrogens (primary N) is 1. The number of rotatable bonds is 5. The van der Waals surface area contributed by atoms with Crippen LogP contribution in [0.15, 0.2) is 18.2 Å². The van der Waals surface area contributed by atoms with Crippen LogP contribution in [0.3, 0.4) is 0 Å². The third-order valence-electron chi connectivity index (χ3n) is 3.54. The van der Waals surface area contributed by atoms with Gasteiger partial charge in [0.2, 0.25) is 5.91 Å². The summed E-state index contributed by atoms with van der Waals surface area (Å²) in [6.07, 6.45) is 0.699. The highest BCUT2D eigenvalue weighted by Crippen LogP contribution is 2.29. The Labute approximate surface area is 112 Å². The van der Waals surface area contributed by atoms with E-state index in [1.54, 1.807) is 6.07 Å². The summed E-state index contributed by atoms with van der Waals surface area (Å²) in [5, 5.41) is 3.20. The Morgan fingerprint density at radius 2 is 2.37 bits per heavy atom. The molecule has 1 heterocycles. The minimum atomic E-state index is -0.299. The first-order valence-corrected chi connectivity index (χ1v) is 6.65. The number of nitrogens with one attached hydrogen (secondary N) is 1. The van der Waals surface area contributed by atoms with Gasteiger partial charge in [-0.05, 0) is 24.6 Å². The van der Waals surface area contributed by atoms with Crippen molar-refractivity contribution in [1.82, 2.24) is 5.32 Å². The molecule has 1 amide bonds. The highest BCUT2D eigenvalue weighted by molar-refractivity contribution is 5.78. The van der Waals surface area contributed by atoms with Crippen LogP contribution in [0.25, 0.3) is 0 Å². The van der Waals surface area contributed by atoms with Crippen LogP contribution in [0.4, 0.5) is 10.1 Å². The second-order valence-corrected chi connectivity index (χ2v) is 4.86. The molecule has 1 saturated heterocycles. The summed E-state index contributed by atoms with van der Waals surface area (Å²) >= 11 is 0. The van der Waals surface area contributed by atoms with Gasteiger partial charge in [-0.25, -0.2) is 4.39 Å². The summed E-state index contributed by atoms with van der Waals surface area (Å²) < 4.78 is 14.1. The molecule has 3 N–H and O–H groups in total. The van der Waals surface area contributed by atoms with Crippen molar-refractivity contribution in [3.05, 3.63) is 29.6 Å². The number of hydrogen-bond donors (Lipinski definition) is 2. The van der Waals surface area contributed by atoms with Crippen LogP contribution in [0, 0.1) is 11.7 Å². The number of carbonyl (C=O) groups is 1. The fourth-order valence-corrected chi connectivity index (χ4v) is 2.51. The Bertz CT molecular complexity index is 464. The van der Waals surface area contributed by atoms with E-state index in [-0.39, 0.29) is 17.6 Å². The molecule has 19 heavy (non-hydrogen) atoms. The molecule has 1 aliphatic heterocycles. The fraction of sp³-hybridized carbons (Fsp3) is 0.500. The van der Waals surface area contributed by atoms with Crippen LogP contribution in [0.5, 0.6) is 0 Å². The fourth-order valence-electron chi connectivity index (χ4n) is 2.51. The molecule has 1 aromatic rings. The van der Waals surface area contributed by atoms with E-state index in [4.69, 9.17) is 5.73 Å². The van der Waals surface area contributed by atoms with E-state index in [2.05, 4.69) is 5.32 Å². The highest BCUT2D eigenvalue weighted by Gasteiger charge is 2.29. The smallest absolute Gasteiger partial charge is 0.222 e. The van der Waals surface area contributed by atoms with Crippen molar-refractivity contribution in [1.29, 1.82) is 0 Å². The van der Waals surface area contributed by atoms with Crippen molar-refractivity contribution in [3.63, 3.8) is 0 Å². The van der Waals surface area contributed by atoms with Gasteiger partial charge >= 0.3 is 0 Å². The van der Waals surface area contributed by atoms with Crippen molar-refractivity contribution in [2.45, 2.75) is 19.9 Å². The molecule has 0 saturated carbocycles. The SMILES string of the molecule is CCNCc1cccc(F)c1N1CCC(C(N)=O)C1. The van der Waals surface area contributed by atoms with E-state index in [0.29, 0.717) is 31.7 Å². The normalized spacial score (nSPS) is 18.8. The van der Waals surface area contributed by atoms with E-state index in [9.17, 15) is 9.18 Å². The van der Waals surface area contributed by atoms with Gasteiger partial charge in [-0.2, -0.15) is 0 Å². The molecule has 104 valence electrons. The average molecular weight is 265 g/mol. The second-order valence-electron chi connectivity index (χ2n) is 4.86. The largest absolute Gasteiger partial charge is 0.369 e. The zero-order valence-electron chi connectivity index (χ0n) is 11.2. The Morgan fingerprint density at radius 3 is 3.00 bits per heavy atom. The number of hydrogen-bond acceptors (Lipinski definition) is 3. The molecule has 0 radical (unpaired) electrons. The first kappa shape index (κ1) is 13.8. The summed E-state index contributed by atoms with van der Waals surface area (Å²) in [6, 6.07) is 5.09. The first-order chi connectivity index (χ1) is 9.13. The van der Waals surface area contributed by atoms with E-state index < -0.39 is 0 Å². The summed E-state index contributed by atoms with van der Waals surface area (Å²) in [7, 11) is 0. The lowest BCUT2D eigenvalue weighted by atomic mass is 10.1. The molecular formula is C14H20FN3O. The Kier molecular flexibility index (Phi) is 4.37. The number of primary amides is 1. The van der Waals surface area contributed by atoms with E-state index >= 15 is 0 Å². The lowest BCUT2D eigenvalue weighted by molar-refractivity contribution is -0.121. The van der Waals surface area contributed by atoms with Gasteiger partial charge in [-0.1, -0.05) is 19.1 Å². The van der Waals surface area contributed by atoms with E-state index in [1.165, 1.54) is 6.07 Å². The summed E-state index contributed by atoms with van der Waals surface area (Å²) in [5.41, 5.74) is 6.85. The molecule has 2 rings (SSSR count). The number of nitrogens with zero attached hydrogens (tertiary/aromatic N) is 1. The summed E-state index contributed by atoms with van der Waals surface area (Å²) in [6.45, 7) is 4.65. The van der Waals surface area contributed by atoms with Crippen molar-refractivity contribution >= 4 is 11.6 Å².